The highest BCUT2D eigenvalue weighted by Crippen LogP contribution is 2.36. The summed E-state index contributed by atoms with van der Waals surface area (Å²) < 4.78 is 30.7. The van der Waals surface area contributed by atoms with Gasteiger partial charge in [0, 0.05) is 0 Å². The van der Waals surface area contributed by atoms with Gasteiger partial charge in [-0.25, -0.2) is 0 Å². The van der Waals surface area contributed by atoms with Crippen LogP contribution in [0.1, 0.15) is 0 Å². The molecule has 0 aromatic heterocycles. The van der Waals surface area contributed by atoms with Crippen LogP contribution in [-0.2, 0) is 10.1 Å². The van der Waals surface area contributed by atoms with Crippen molar-refractivity contribution in [3.63, 3.8) is 0 Å². The predicted molar refractivity (Wildman–Crippen MR) is 67.1 cm³/mol. The van der Waals surface area contributed by atoms with E-state index >= 15 is 0 Å². The number of hydrogen-bond acceptors (Lipinski definition) is 8. The van der Waals surface area contributed by atoms with E-state index in [1.807, 2.05) is 0 Å². The largest absolute Gasteiger partial charge is 0.412 e. The molecule has 126 valence electrons. The molecule has 0 saturated carbocycles. The number of nitro benzene ring substituents is 3. The molecule has 0 atom stereocenters. The van der Waals surface area contributed by atoms with Crippen LogP contribution in [-0.4, -0.2) is 44.2 Å². The molecule has 1 rings (SSSR count). The molecule has 0 aliphatic carbocycles. The lowest BCUT2D eigenvalue weighted by Crippen LogP contribution is -2.08. The van der Waals surface area contributed by atoms with Gasteiger partial charge in [0.15, 0.2) is 0 Å². The van der Waals surface area contributed by atoms with Crippen LogP contribution in [0.15, 0.2) is 17.0 Å². The van der Waals surface area contributed by atoms with Crippen LogP contribution in [0, 0.1) is 30.3 Å². The summed E-state index contributed by atoms with van der Waals surface area (Å²) in [7, 11) is -5.30. The second-order valence-corrected chi connectivity index (χ2v) is 4.42. The Balaban J connectivity index is -0.00000120. The molecule has 0 spiro atoms. The first-order valence-electron chi connectivity index (χ1n) is 4.14. The molecule has 1 aromatic carbocycles. The van der Waals surface area contributed by atoms with Crippen molar-refractivity contribution in [2.24, 2.45) is 0 Å². The highest BCUT2D eigenvalue weighted by atomic mass is 32.2. The molecular formula is C6H9N3O12S. The summed E-state index contributed by atoms with van der Waals surface area (Å²) in [6.45, 7) is 0. The van der Waals surface area contributed by atoms with Crippen molar-refractivity contribution in [3.8, 4) is 0 Å². The molecule has 0 unspecified atom stereocenters. The third kappa shape index (κ3) is 4.64. The van der Waals surface area contributed by atoms with Gasteiger partial charge in [-0.05, 0) is 0 Å². The van der Waals surface area contributed by atoms with E-state index in [9.17, 15) is 38.8 Å². The van der Waals surface area contributed by atoms with Crippen molar-refractivity contribution < 1.29 is 44.2 Å². The molecule has 1 aromatic rings. The van der Waals surface area contributed by atoms with Gasteiger partial charge in [-0.15, -0.1) is 0 Å². The maximum absolute atomic E-state index is 10.9. The maximum Gasteiger partial charge on any atom is 0.308 e. The van der Waals surface area contributed by atoms with Crippen LogP contribution in [0.3, 0.4) is 0 Å². The second-order valence-electron chi connectivity index (χ2n) is 3.06. The molecule has 0 amide bonds. The minimum Gasteiger partial charge on any atom is -0.412 e. The average Bonchev–Trinajstić information content (AvgIpc) is 2.25. The van der Waals surface area contributed by atoms with Crippen LogP contribution in [0.25, 0.3) is 0 Å². The Hall–Kier alpha value is -2.79. The first-order valence-corrected chi connectivity index (χ1v) is 5.58. The molecule has 0 radical (unpaired) electrons. The highest BCUT2D eigenvalue weighted by Gasteiger charge is 2.37. The van der Waals surface area contributed by atoms with Gasteiger partial charge >= 0.3 is 21.5 Å². The first kappa shape index (κ1) is 24.2. The molecular weight excluding hydrogens is 338 g/mol. The van der Waals surface area contributed by atoms with Gasteiger partial charge in [0.1, 0.15) is 0 Å². The lowest BCUT2D eigenvalue weighted by atomic mass is 10.2. The monoisotopic (exact) mass is 347 g/mol. The van der Waals surface area contributed by atoms with Crippen LogP contribution < -0.4 is 0 Å². The first-order chi connectivity index (χ1) is 8.55. The van der Waals surface area contributed by atoms with E-state index in [-0.39, 0.29) is 28.6 Å². The highest BCUT2D eigenvalue weighted by molar-refractivity contribution is 7.86. The number of non-ortho nitro benzene ring substituents is 1. The van der Waals surface area contributed by atoms with Gasteiger partial charge in [-0.1, -0.05) is 0 Å². The number of nitro groups is 3. The fourth-order valence-electron chi connectivity index (χ4n) is 1.23. The lowest BCUT2D eigenvalue weighted by Gasteiger charge is -2.01. The summed E-state index contributed by atoms with van der Waals surface area (Å²) >= 11 is 0. The van der Waals surface area contributed by atoms with Crippen LogP contribution in [0.2, 0.25) is 0 Å². The Kier molecular flexibility index (Phi) is 8.65. The van der Waals surface area contributed by atoms with Crippen LogP contribution >= 0.6 is 0 Å². The topological polar surface area (TPSA) is 278 Å². The summed E-state index contributed by atoms with van der Waals surface area (Å²) in [6.07, 6.45) is 0. The molecule has 22 heavy (non-hydrogen) atoms. The Labute approximate surface area is 119 Å². The van der Waals surface area contributed by atoms with Gasteiger partial charge in [0.25, 0.3) is 5.69 Å². The van der Waals surface area contributed by atoms with E-state index in [1.165, 1.54) is 0 Å². The molecule has 0 aliphatic rings. The maximum atomic E-state index is 10.9. The number of rotatable bonds is 4. The van der Waals surface area contributed by atoms with E-state index in [4.69, 9.17) is 4.55 Å². The van der Waals surface area contributed by atoms with Gasteiger partial charge < -0.3 is 16.4 Å². The fourth-order valence-corrected chi connectivity index (χ4v) is 2.02. The second kappa shape index (κ2) is 7.85. The SMILES string of the molecule is O.O.O.O=[N+]([O-])c1cc([N+](=O)[O-])c(S(=O)(=O)O)c([N+](=O)[O-])c1. The summed E-state index contributed by atoms with van der Waals surface area (Å²) in [6, 6.07) is 0.409. The summed E-state index contributed by atoms with van der Waals surface area (Å²) in [5.41, 5.74) is -3.96. The molecule has 16 heteroatoms. The Morgan fingerprint density at radius 2 is 1.14 bits per heavy atom. The van der Waals surface area contributed by atoms with E-state index < -0.39 is 46.8 Å². The smallest absolute Gasteiger partial charge is 0.308 e. The van der Waals surface area contributed by atoms with Gasteiger partial charge in [0.2, 0.25) is 4.90 Å². The van der Waals surface area contributed by atoms with Crippen molar-refractivity contribution in [2.75, 3.05) is 0 Å². The van der Waals surface area contributed by atoms with Gasteiger partial charge in [-0.2, -0.15) is 8.42 Å². The average molecular weight is 347 g/mol. The van der Waals surface area contributed by atoms with E-state index in [2.05, 4.69) is 0 Å². The molecule has 0 aliphatic heterocycles. The quantitative estimate of drug-likeness (QED) is 0.363. The molecule has 7 N–H and O–H groups in total. The third-order valence-electron chi connectivity index (χ3n) is 1.90. The predicted octanol–water partition coefficient (Wildman–Crippen LogP) is -1.82. The zero-order chi connectivity index (χ0) is 15.0. The van der Waals surface area contributed by atoms with E-state index in [1.54, 1.807) is 0 Å². The van der Waals surface area contributed by atoms with Crippen LogP contribution in [0.5, 0.6) is 0 Å². The van der Waals surface area contributed by atoms with Crippen molar-refractivity contribution in [3.05, 3.63) is 42.5 Å². The zero-order valence-electron chi connectivity index (χ0n) is 10.1. The fraction of sp³-hybridized carbons (Fsp3) is 0. The summed E-state index contributed by atoms with van der Waals surface area (Å²) in [4.78, 5) is 26.1. The number of hydrogen-bond donors (Lipinski definition) is 1. The minimum absolute atomic E-state index is 0. The molecule has 0 saturated heterocycles. The molecule has 0 bridgehead atoms. The Morgan fingerprint density at radius 3 is 1.32 bits per heavy atom. The lowest BCUT2D eigenvalue weighted by molar-refractivity contribution is -0.407. The van der Waals surface area contributed by atoms with Gasteiger partial charge in [0.05, 0.1) is 26.9 Å². The van der Waals surface area contributed by atoms with Crippen molar-refractivity contribution in [2.45, 2.75) is 4.90 Å². The summed E-state index contributed by atoms with van der Waals surface area (Å²) in [5.74, 6) is 0. The van der Waals surface area contributed by atoms with Crippen molar-refractivity contribution in [1.29, 1.82) is 0 Å². The normalized spacial score (nSPS) is 9.50. The molecule has 0 fully saturated rings. The number of benzene rings is 1. The van der Waals surface area contributed by atoms with E-state index in [0.717, 1.165) is 0 Å². The Morgan fingerprint density at radius 1 is 0.818 bits per heavy atom. The standard InChI is InChI=1S/C6H3N3O9S.3H2O/c10-7(11)3-1-4(8(12)13)6(19(16,17)18)5(2-3)9(14)15;;;/h1-2H,(H,16,17,18);3*1H2. The number of nitrogens with zero attached hydrogens (tertiary/aromatic N) is 3. The zero-order valence-corrected chi connectivity index (χ0v) is 10.9. The van der Waals surface area contributed by atoms with Gasteiger partial charge in [-0.3, -0.25) is 34.9 Å². The molecule has 15 nitrogen and oxygen atoms in total. The Bertz CT molecular complexity index is 662. The van der Waals surface area contributed by atoms with Crippen molar-refractivity contribution in [1.82, 2.24) is 0 Å². The van der Waals surface area contributed by atoms with Crippen molar-refractivity contribution >= 4 is 27.2 Å². The minimum atomic E-state index is -5.30. The summed E-state index contributed by atoms with van der Waals surface area (Å²) in [5, 5.41) is 31.7. The van der Waals surface area contributed by atoms with Crippen LogP contribution in [0.4, 0.5) is 17.1 Å². The third-order valence-corrected chi connectivity index (χ3v) is 2.83. The van der Waals surface area contributed by atoms with E-state index in [0.29, 0.717) is 0 Å². The molecule has 0 heterocycles.